The standard InChI is InChI=1S/C15H12FN3O2/c16-9-4-5-10-11(8-14(20)18-12(10)7-9)15(21)19-13-3-1-2-6-17-13/h1-7,11H,8H2,(H,18,20)(H,17,19,21)/t11-/m1/s1. The number of amides is 2. The highest BCUT2D eigenvalue weighted by Crippen LogP contribution is 2.33. The van der Waals surface area contributed by atoms with E-state index in [0.717, 1.165) is 0 Å². The van der Waals surface area contributed by atoms with E-state index in [1.807, 2.05) is 0 Å². The van der Waals surface area contributed by atoms with Crippen LogP contribution in [0.1, 0.15) is 17.9 Å². The van der Waals surface area contributed by atoms with E-state index in [1.165, 1.54) is 18.2 Å². The molecule has 0 aliphatic carbocycles. The summed E-state index contributed by atoms with van der Waals surface area (Å²) in [7, 11) is 0. The van der Waals surface area contributed by atoms with Crippen LogP contribution in [-0.2, 0) is 9.59 Å². The molecule has 1 aliphatic rings. The van der Waals surface area contributed by atoms with Crippen LogP contribution in [0.3, 0.4) is 0 Å². The molecule has 0 fully saturated rings. The van der Waals surface area contributed by atoms with Crippen molar-refractivity contribution in [1.82, 2.24) is 4.98 Å². The van der Waals surface area contributed by atoms with Gasteiger partial charge in [-0.25, -0.2) is 9.37 Å². The minimum atomic E-state index is -0.656. The molecule has 0 unspecified atom stereocenters. The zero-order chi connectivity index (χ0) is 14.8. The van der Waals surface area contributed by atoms with Crippen LogP contribution in [0.5, 0.6) is 0 Å². The summed E-state index contributed by atoms with van der Waals surface area (Å²) in [6.45, 7) is 0. The predicted molar refractivity (Wildman–Crippen MR) is 75.3 cm³/mol. The first-order chi connectivity index (χ1) is 10.1. The number of rotatable bonds is 2. The molecule has 6 heteroatoms. The van der Waals surface area contributed by atoms with Crippen LogP contribution in [-0.4, -0.2) is 16.8 Å². The smallest absolute Gasteiger partial charge is 0.233 e. The lowest BCUT2D eigenvalue weighted by Gasteiger charge is -2.24. The summed E-state index contributed by atoms with van der Waals surface area (Å²) >= 11 is 0. The lowest BCUT2D eigenvalue weighted by atomic mass is 9.89. The number of carbonyl (C=O) groups is 2. The second kappa shape index (κ2) is 5.32. The van der Waals surface area contributed by atoms with E-state index in [-0.39, 0.29) is 18.2 Å². The van der Waals surface area contributed by atoms with Crippen molar-refractivity contribution in [3.8, 4) is 0 Å². The van der Waals surface area contributed by atoms with Gasteiger partial charge in [-0.3, -0.25) is 9.59 Å². The monoisotopic (exact) mass is 285 g/mol. The number of halogens is 1. The minimum Gasteiger partial charge on any atom is -0.326 e. The Balaban J connectivity index is 1.89. The number of carbonyl (C=O) groups excluding carboxylic acids is 2. The van der Waals surface area contributed by atoms with Crippen LogP contribution in [0.4, 0.5) is 15.9 Å². The molecule has 1 aromatic heterocycles. The molecule has 0 saturated heterocycles. The number of aromatic nitrogens is 1. The zero-order valence-electron chi connectivity index (χ0n) is 11.0. The van der Waals surface area contributed by atoms with E-state index in [1.54, 1.807) is 24.4 Å². The molecule has 0 radical (unpaired) electrons. The molecule has 3 rings (SSSR count). The molecule has 2 amide bonds. The number of nitrogens with zero attached hydrogens (tertiary/aromatic N) is 1. The number of fused-ring (bicyclic) bond motifs is 1. The fourth-order valence-corrected chi connectivity index (χ4v) is 2.32. The molecule has 21 heavy (non-hydrogen) atoms. The highest BCUT2D eigenvalue weighted by Gasteiger charge is 2.31. The molecule has 1 aliphatic heterocycles. The quantitative estimate of drug-likeness (QED) is 0.889. The maximum atomic E-state index is 13.2. The number of benzene rings is 1. The van der Waals surface area contributed by atoms with Gasteiger partial charge in [-0.05, 0) is 29.8 Å². The van der Waals surface area contributed by atoms with E-state index in [2.05, 4.69) is 15.6 Å². The molecule has 2 aromatic rings. The first kappa shape index (κ1) is 13.2. The average molecular weight is 285 g/mol. The molecule has 2 heterocycles. The molecule has 5 nitrogen and oxygen atoms in total. The maximum absolute atomic E-state index is 13.2. The van der Waals surface area contributed by atoms with E-state index < -0.39 is 11.7 Å². The summed E-state index contributed by atoms with van der Waals surface area (Å²) in [4.78, 5) is 28.0. The van der Waals surface area contributed by atoms with Crippen molar-refractivity contribution in [3.05, 3.63) is 54.0 Å². The third-order valence-electron chi connectivity index (χ3n) is 3.29. The Kier molecular flexibility index (Phi) is 3.35. The van der Waals surface area contributed by atoms with E-state index in [0.29, 0.717) is 17.1 Å². The number of pyridine rings is 1. The summed E-state index contributed by atoms with van der Waals surface area (Å²) in [6.07, 6.45) is 1.59. The van der Waals surface area contributed by atoms with Gasteiger partial charge in [0, 0.05) is 18.3 Å². The first-order valence-corrected chi connectivity index (χ1v) is 6.44. The SMILES string of the molecule is O=C1C[C@@H](C(=O)Nc2ccccn2)c2ccc(F)cc2N1. The summed E-state index contributed by atoms with van der Waals surface area (Å²) < 4.78 is 13.2. The number of nitrogens with one attached hydrogen (secondary N) is 2. The van der Waals surface area contributed by atoms with Gasteiger partial charge in [0.15, 0.2) is 0 Å². The van der Waals surface area contributed by atoms with Gasteiger partial charge in [0.2, 0.25) is 11.8 Å². The minimum absolute atomic E-state index is 0.0251. The molecule has 2 N–H and O–H groups in total. The second-order valence-electron chi connectivity index (χ2n) is 4.74. The Morgan fingerprint density at radius 3 is 2.95 bits per heavy atom. The Morgan fingerprint density at radius 1 is 1.33 bits per heavy atom. The fraction of sp³-hybridized carbons (Fsp3) is 0.133. The number of hydrogen-bond acceptors (Lipinski definition) is 3. The van der Waals surface area contributed by atoms with Crippen LogP contribution in [0, 0.1) is 5.82 Å². The van der Waals surface area contributed by atoms with E-state index in [9.17, 15) is 14.0 Å². The molecular formula is C15H12FN3O2. The van der Waals surface area contributed by atoms with Crippen LogP contribution < -0.4 is 10.6 Å². The van der Waals surface area contributed by atoms with Gasteiger partial charge in [-0.2, -0.15) is 0 Å². The van der Waals surface area contributed by atoms with Crippen molar-refractivity contribution < 1.29 is 14.0 Å². The Labute approximate surface area is 120 Å². The van der Waals surface area contributed by atoms with Gasteiger partial charge in [0.1, 0.15) is 11.6 Å². The molecule has 106 valence electrons. The highest BCUT2D eigenvalue weighted by atomic mass is 19.1. The van der Waals surface area contributed by atoms with Crippen molar-refractivity contribution in [2.75, 3.05) is 10.6 Å². The fourth-order valence-electron chi connectivity index (χ4n) is 2.32. The first-order valence-electron chi connectivity index (χ1n) is 6.44. The third-order valence-corrected chi connectivity index (χ3v) is 3.29. The number of anilines is 2. The van der Waals surface area contributed by atoms with Crippen molar-refractivity contribution >= 4 is 23.3 Å². The molecule has 1 aromatic carbocycles. The summed E-state index contributed by atoms with van der Waals surface area (Å²) in [5.41, 5.74) is 0.942. The van der Waals surface area contributed by atoms with Gasteiger partial charge >= 0.3 is 0 Å². The van der Waals surface area contributed by atoms with E-state index in [4.69, 9.17) is 0 Å². The van der Waals surface area contributed by atoms with Gasteiger partial charge < -0.3 is 10.6 Å². The molecule has 0 saturated carbocycles. The largest absolute Gasteiger partial charge is 0.326 e. The molecule has 0 spiro atoms. The van der Waals surface area contributed by atoms with E-state index >= 15 is 0 Å². The maximum Gasteiger partial charge on any atom is 0.233 e. The predicted octanol–water partition coefficient (Wildman–Crippen LogP) is 2.29. The summed E-state index contributed by atoms with van der Waals surface area (Å²) in [5.74, 6) is -1.35. The third kappa shape index (κ3) is 2.74. The van der Waals surface area contributed by atoms with Gasteiger partial charge in [-0.15, -0.1) is 0 Å². The zero-order valence-corrected chi connectivity index (χ0v) is 11.0. The highest BCUT2D eigenvalue weighted by molar-refractivity contribution is 6.04. The lowest BCUT2D eigenvalue weighted by Crippen LogP contribution is -2.31. The van der Waals surface area contributed by atoms with Crippen molar-refractivity contribution in [2.24, 2.45) is 0 Å². The van der Waals surface area contributed by atoms with Crippen molar-refractivity contribution in [1.29, 1.82) is 0 Å². The van der Waals surface area contributed by atoms with Gasteiger partial charge in [-0.1, -0.05) is 12.1 Å². The van der Waals surface area contributed by atoms with Gasteiger partial charge in [0.25, 0.3) is 0 Å². The second-order valence-corrected chi connectivity index (χ2v) is 4.74. The van der Waals surface area contributed by atoms with Crippen molar-refractivity contribution in [2.45, 2.75) is 12.3 Å². The van der Waals surface area contributed by atoms with Gasteiger partial charge in [0.05, 0.1) is 5.92 Å². The number of hydrogen-bond donors (Lipinski definition) is 2. The summed E-state index contributed by atoms with van der Waals surface area (Å²) in [5, 5.41) is 5.24. The van der Waals surface area contributed by atoms with Crippen LogP contribution in [0.15, 0.2) is 42.6 Å². The Hall–Kier alpha value is -2.76. The molecule has 0 bridgehead atoms. The average Bonchev–Trinajstić information content (AvgIpc) is 2.47. The Morgan fingerprint density at radius 2 is 2.19 bits per heavy atom. The van der Waals surface area contributed by atoms with Crippen LogP contribution in [0.2, 0.25) is 0 Å². The van der Waals surface area contributed by atoms with Crippen LogP contribution >= 0.6 is 0 Å². The Bertz CT molecular complexity index is 703. The summed E-state index contributed by atoms with van der Waals surface area (Å²) in [6, 6.07) is 9.16. The lowest BCUT2D eigenvalue weighted by molar-refractivity contribution is -0.123. The topological polar surface area (TPSA) is 71.1 Å². The van der Waals surface area contributed by atoms with Crippen LogP contribution in [0.25, 0.3) is 0 Å². The normalized spacial score (nSPS) is 16.8. The molecular weight excluding hydrogens is 273 g/mol. The van der Waals surface area contributed by atoms with Crippen molar-refractivity contribution in [3.63, 3.8) is 0 Å². The molecule has 1 atom stereocenters.